The van der Waals surface area contributed by atoms with E-state index in [9.17, 15) is 23.9 Å². The molecule has 0 saturated carbocycles. The van der Waals surface area contributed by atoms with Crippen molar-refractivity contribution in [2.75, 3.05) is 10.6 Å². The van der Waals surface area contributed by atoms with Gasteiger partial charge in [-0.15, -0.1) is 0 Å². The van der Waals surface area contributed by atoms with Gasteiger partial charge in [-0.05, 0) is 90.1 Å². The molecular weight excluding hydrogens is 497 g/mol. The molecule has 0 aliphatic heterocycles. The highest BCUT2D eigenvalue weighted by Gasteiger charge is 2.26. The van der Waals surface area contributed by atoms with Gasteiger partial charge in [0.25, 0.3) is 0 Å². The van der Waals surface area contributed by atoms with Crippen molar-refractivity contribution < 1.29 is 23.9 Å². The summed E-state index contributed by atoms with van der Waals surface area (Å²) in [7, 11) is 0. The molecule has 3 aromatic rings. The number of carboxylic acids is 1. The quantitative estimate of drug-likeness (QED) is 0.279. The minimum absolute atomic E-state index is 0.0885. The van der Waals surface area contributed by atoms with Gasteiger partial charge in [0, 0.05) is 12.1 Å². The first-order valence-electron chi connectivity index (χ1n) is 13.2. The lowest BCUT2D eigenvalue weighted by molar-refractivity contribution is -0.143. The van der Waals surface area contributed by atoms with Crippen molar-refractivity contribution in [3.05, 3.63) is 83.2 Å². The number of carbonyl (C=O) groups is 3. The lowest BCUT2D eigenvalue weighted by Gasteiger charge is -2.26. The minimum Gasteiger partial charge on any atom is -0.480 e. The molecule has 0 radical (unpaired) electrons. The average Bonchev–Trinajstić information content (AvgIpc) is 2.87. The van der Waals surface area contributed by atoms with Crippen molar-refractivity contribution >= 4 is 29.3 Å². The van der Waals surface area contributed by atoms with Crippen LogP contribution in [0.2, 0.25) is 0 Å². The van der Waals surface area contributed by atoms with Crippen molar-refractivity contribution in [1.29, 1.82) is 0 Å². The normalized spacial score (nSPS) is 15.3. The highest BCUT2D eigenvalue weighted by Crippen LogP contribution is 2.32. The van der Waals surface area contributed by atoms with E-state index in [1.54, 1.807) is 32.0 Å². The topological polar surface area (TPSA) is 108 Å². The third kappa shape index (κ3) is 7.22. The first-order chi connectivity index (χ1) is 18.6. The van der Waals surface area contributed by atoms with Gasteiger partial charge in [-0.1, -0.05) is 50.2 Å². The molecule has 39 heavy (non-hydrogen) atoms. The number of anilines is 2. The van der Waals surface area contributed by atoms with Gasteiger partial charge in [-0.3, -0.25) is 4.79 Å². The van der Waals surface area contributed by atoms with Crippen LogP contribution in [0.4, 0.5) is 20.6 Å². The summed E-state index contributed by atoms with van der Waals surface area (Å²) in [4.78, 5) is 36.2. The molecule has 0 spiro atoms. The zero-order chi connectivity index (χ0) is 28.1. The van der Waals surface area contributed by atoms with Crippen molar-refractivity contribution in [2.45, 2.75) is 52.5 Å². The first kappa shape index (κ1) is 27.8. The molecule has 0 bridgehead atoms. The fourth-order valence-electron chi connectivity index (χ4n) is 5.00. The number of hydrogen-bond acceptors (Lipinski definition) is 3. The molecule has 1 aliphatic rings. The van der Waals surface area contributed by atoms with Crippen molar-refractivity contribution in [3.63, 3.8) is 0 Å². The van der Waals surface area contributed by atoms with E-state index in [1.807, 2.05) is 37.3 Å². The Labute approximate surface area is 227 Å². The molecule has 0 heterocycles. The Morgan fingerprint density at radius 2 is 1.72 bits per heavy atom. The maximum Gasteiger partial charge on any atom is 0.326 e. The number of hydrogen-bond donors (Lipinski definition) is 4. The smallest absolute Gasteiger partial charge is 0.326 e. The summed E-state index contributed by atoms with van der Waals surface area (Å²) in [5, 5.41) is 17.2. The average molecular weight is 532 g/mol. The van der Waals surface area contributed by atoms with Crippen LogP contribution in [0.5, 0.6) is 0 Å². The summed E-state index contributed by atoms with van der Waals surface area (Å²) in [5.41, 5.74) is 5.61. The molecule has 0 fully saturated rings. The van der Waals surface area contributed by atoms with Crippen LogP contribution in [0.1, 0.15) is 43.4 Å². The van der Waals surface area contributed by atoms with Crippen molar-refractivity contribution in [2.24, 2.45) is 11.8 Å². The summed E-state index contributed by atoms with van der Waals surface area (Å²) < 4.78 is 14.9. The molecule has 204 valence electrons. The molecule has 0 saturated heterocycles. The summed E-state index contributed by atoms with van der Waals surface area (Å²) in [5.74, 6) is -1.85. The lowest BCUT2D eigenvalue weighted by Crippen LogP contribution is -2.45. The Morgan fingerprint density at radius 3 is 2.41 bits per heavy atom. The van der Waals surface area contributed by atoms with E-state index in [4.69, 9.17) is 0 Å². The highest BCUT2D eigenvalue weighted by atomic mass is 19.1. The van der Waals surface area contributed by atoms with Gasteiger partial charge in [0.05, 0.1) is 5.69 Å². The number of halogens is 1. The van der Waals surface area contributed by atoms with Gasteiger partial charge < -0.3 is 21.1 Å². The highest BCUT2D eigenvalue weighted by molar-refractivity contribution is 6.00. The largest absolute Gasteiger partial charge is 0.480 e. The SMILES string of the molecule is Cc1cccc(NC(=O)Nc2ccc(-c3ccc4c(c3)CCC(CC(=O)NC(C(=O)O)C(C)C)C4)cc2F)c1. The Balaban J connectivity index is 1.37. The summed E-state index contributed by atoms with van der Waals surface area (Å²) in [6.07, 6.45) is 2.62. The number of nitrogens with one attached hydrogen (secondary N) is 3. The van der Waals surface area contributed by atoms with Crippen LogP contribution in [0.15, 0.2) is 60.7 Å². The summed E-state index contributed by atoms with van der Waals surface area (Å²) >= 11 is 0. The first-order valence-corrected chi connectivity index (χ1v) is 13.2. The molecule has 8 heteroatoms. The van der Waals surface area contributed by atoms with Crippen LogP contribution < -0.4 is 16.0 Å². The van der Waals surface area contributed by atoms with E-state index in [-0.39, 0.29) is 29.9 Å². The van der Waals surface area contributed by atoms with Crippen LogP contribution >= 0.6 is 0 Å². The van der Waals surface area contributed by atoms with Gasteiger partial charge in [-0.2, -0.15) is 0 Å². The van der Waals surface area contributed by atoms with E-state index in [0.717, 1.165) is 41.5 Å². The predicted molar refractivity (Wildman–Crippen MR) is 150 cm³/mol. The third-order valence-electron chi connectivity index (χ3n) is 7.09. The number of amides is 3. The van der Waals surface area contributed by atoms with E-state index in [2.05, 4.69) is 22.0 Å². The Hall–Kier alpha value is -4.20. The number of urea groups is 1. The number of benzene rings is 3. The van der Waals surface area contributed by atoms with E-state index < -0.39 is 23.9 Å². The van der Waals surface area contributed by atoms with Gasteiger partial charge >= 0.3 is 12.0 Å². The van der Waals surface area contributed by atoms with E-state index in [0.29, 0.717) is 11.3 Å². The predicted octanol–water partition coefficient (Wildman–Crippen LogP) is 6.17. The number of carboxylic acid groups (broad SMARTS) is 1. The fraction of sp³-hybridized carbons (Fsp3) is 0.323. The summed E-state index contributed by atoms with van der Waals surface area (Å²) in [6, 6.07) is 16.7. The molecule has 4 rings (SSSR count). The molecule has 2 unspecified atom stereocenters. The van der Waals surface area contributed by atoms with Crippen LogP contribution in [-0.2, 0) is 22.4 Å². The second-order valence-corrected chi connectivity index (χ2v) is 10.6. The number of aryl methyl sites for hydroxylation is 2. The molecule has 3 amide bonds. The Kier molecular flexibility index (Phi) is 8.64. The molecular formula is C31H34FN3O4. The van der Waals surface area contributed by atoms with Gasteiger partial charge in [0.15, 0.2) is 0 Å². The number of carbonyl (C=O) groups excluding carboxylic acids is 2. The standard InChI is InChI=1S/C31H34FN3O4/c1-18(2)29(30(37)38)35-28(36)15-20-7-8-22-16-23(10-9-21(22)14-20)24-11-12-27(26(32)17-24)34-31(39)33-25-6-4-5-19(3)13-25/h4-6,9-13,16-18,20,29H,7-8,14-15H2,1-3H3,(H,35,36)(H,37,38)(H2,33,34,39). The van der Waals surface area contributed by atoms with Crippen LogP contribution in [0.3, 0.4) is 0 Å². The molecule has 7 nitrogen and oxygen atoms in total. The molecule has 0 aromatic heterocycles. The number of fused-ring (bicyclic) bond motifs is 1. The summed E-state index contributed by atoms with van der Waals surface area (Å²) in [6.45, 7) is 5.46. The molecule has 1 aliphatic carbocycles. The maximum absolute atomic E-state index is 14.9. The van der Waals surface area contributed by atoms with E-state index >= 15 is 0 Å². The zero-order valence-corrected chi connectivity index (χ0v) is 22.4. The maximum atomic E-state index is 14.9. The zero-order valence-electron chi connectivity index (χ0n) is 22.4. The molecule has 4 N–H and O–H groups in total. The number of rotatable bonds is 8. The van der Waals surface area contributed by atoms with Crippen LogP contribution in [0.25, 0.3) is 11.1 Å². The molecule has 3 aromatic carbocycles. The van der Waals surface area contributed by atoms with Gasteiger partial charge in [0.1, 0.15) is 11.9 Å². The second kappa shape index (κ2) is 12.1. The minimum atomic E-state index is -1.02. The monoisotopic (exact) mass is 531 g/mol. The van der Waals surface area contributed by atoms with Crippen LogP contribution in [-0.4, -0.2) is 29.1 Å². The second-order valence-electron chi connectivity index (χ2n) is 10.6. The third-order valence-corrected chi connectivity index (χ3v) is 7.09. The van der Waals surface area contributed by atoms with Gasteiger partial charge in [0.2, 0.25) is 5.91 Å². The molecule has 2 atom stereocenters. The van der Waals surface area contributed by atoms with E-state index in [1.165, 1.54) is 6.07 Å². The fourth-order valence-corrected chi connectivity index (χ4v) is 5.00. The van der Waals surface area contributed by atoms with Gasteiger partial charge in [-0.25, -0.2) is 14.0 Å². The Morgan fingerprint density at radius 1 is 0.974 bits per heavy atom. The lowest BCUT2D eigenvalue weighted by atomic mass is 9.81. The van der Waals surface area contributed by atoms with Crippen molar-refractivity contribution in [1.82, 2.24) is 5.32 Å². The number of aliphatic carboxylic acids is 1. The Bertz CT molecular complexity index is 1390. The van der Waals surface area contributed by atoms with Crippen molar-refractivity contribution in [3.8, 4) is 11.1 Å². The van der Waals surface area contributed by atoms with Crippen LogP contribution in [0, 0.1) is 24.6 Å².